The maximum Gasteiger partial charge on any atom is 0.227 e. The van der Waals surface area contributed by atoms with Gasteiger partial charge in [0.2, 0.25) is 5.95 Å². The Balaban J connectivity index is 1.54. The van der Waals surface area contributed by atoms with Gasteiger partial charge < -0.3 is 29.7 Å². The second-order valence-corrected chi connectivity index (χ2v) is 8.11. The van der Waals surface area contributed by atoms with Crippen LogP contribution in [-0.4, -0.2) is 67.1 Å². The van der Waals surface area contributed by atoms with Crippen molar-refractivity contribution in [1.82, 2.24) is 24.5 Å². The van der Waals surface area contributed by atoms with Crippen LogP contribution in [0.4, 0.5) is 17.6 Å². The minimum Gasteiger partial charge on any atom is -0.393 e. The van der Waals surface area contributed by atoms with Gasteiger partial charge in [-0.3, -0.25) is 0 Å². The molecule has 4 heterocycles. The number of fused-ring (bicyclic) bond motifs is 1. The van der Waals surface area contributed by atoms with Crippen LogP contribution in [0.2, 0.25) is 0 Å². The number of pyridine rings is 1. The number of hydrogen-bond acceptors (Lipinski definition) is 9. The fraction of sp³-hybridized carbons (Fsp3) is 0.524. The molecule has 0 aliphatic carbocycles. The summed E-state index contributed by atoms with van der Waals surface area (Å²) in [6, 6.07) is 3.87. The molecule has 0 saturated carbocycles. The molecule has 3 N–H and O–H groups in total. The van der Waals surface area contributed by atoms with Crippen molar-refractivity contribution in [2.24, 2.45) is 0 Å². The second-order valence-electron chi connectivity index (χ2n) is 8.11. The Morgan fingerprint density at radius 2 is 1.94 bits per heavy atom. The molecule has 0 radical (unpaired) electrons. The maximum atomic E-state index is 9.64. The summed E-state index contributed by atoms with van der Waals surface area (Å²) in [4.78, 5) is 20.1. The molecule has 3 aromatic rings. The lowest BCUT2D eigenvalue weighted by Gasteiger charge is -2.39. The summed E-state index contributed by atoms with van der Waals surface area (Å²) in [5, 5.41) is 22.5. The number of hydrogen-bond donors (Lipinski definition) is 3. The summed E-state index contributed by atoms with van der Waals surface area (Å²) < 4.78 is 7.53. The van der Waals surface area contributed by atoms with E-state index < -0.39 is 5.60 Å². The first-order valence-corrected chi connectivity index (χ1v) is 10.5. The molecule has 10 heteroatoms. The quantitative estimate of drug-likeness (QED) is 0.520. The van der Waals surface area contributed by atoms with Crippen molar-refractivity contribution in [2.45, 2.75) is 44.9 Å². The molecule has 0 unspecified atom stereocenters. The van der Waals surface area contributed by atoms with Crippen LogP contribution in [0.25, 0.3) is 11.0 Å². The minimum atomic E-state index is -0.474. The first-order chi connectivity index (χ1) is 15.0. The van der Waals surface area contributed by atoms with Gasteiger partial charge in [-0.1, -0.05) is 0 Å². The van der Waals surface area contributed by atoms with Crippen LogP contribution in [0.1, 0.15) is 38.6 Å². The molecule has 10 nitrogen and oxygen atoms in total. The van der Waals surface area contributed by atoms with Crippen LogP contribution in [0.15, 0.2) is 24.5 Å². The Labute approximate surface area is 180 Å². The van der Waals surface area contributed by atoms with Gasteiger partial charge >= 0.3 is 0 Å². The smallest absolute Gasteiger partial charge is 0.227 e. The summed E-state index contributed by atoms with van der Waals surface area (Å²) in [5.74, 6) is 2.53. The van der Waals surface area contributed by atoms with Gasteiger partial charge in [-0.2, -0.15) is 4.98 Å². The highest BCUT2D eigenvalue weighted by atomic mass is 16.5. The van der Waals surface area contributed by atoms with E-state index in [1.807, 2.05) is 10.6 Å². The van der Waals surface area contributed by atoms with Gasteiger partial charge in [0.05, 0.1) is 23.9 Å². The van der Waals surface area contributed by atoms with Gasteiger partial charge in [-0.25, -0.2) is 15.0 Å². The predicted octanol–water partition coefficient (Wildman–Crippen LogP) is 2.02. The molecule has 1 fully saturated rings. The lowest BCUT2D eigenvalue weighted by Crippen LogP contribution is -2.48. The van der Waals surface area contributed by atoms with Crippen LogP contribution in [0.5, 0.6) is 0 Å². The fourth-order valence-electron chi connectivity index (χ4n) is 4.05. The first-order valence-electron chi connectivity index (χ1n) is 10.5. The number of nitrogens with one attached hydrogen (secondary N) is 1. The van der Waals surface area contributed by atoms with Crippen molar-refractivity contribution < 1.29 is 14.9 Å². The van der Waals surface area contributed by atoms with E-state index in [2.05, 4.69) is 44.0 Å². The number of nitrogens with zero attached hydrogens (tertiary/aromatic N) is 6. The average Bonchev–Trinajstić information content (AvgIpc) is 3.17. The van der Waals surface area contributed by atoms with E-state index in [-0.39, 0.29) is 19.3 Å². The van der Waals surface area contributed by atoms with Crippen molar-refractivity contribution in [3.8, 4) is 0 Å². The second kappa shape index (κ2) is 8.74. The molecule has 3 aromatic heterocycles. The third kappa shape index (κ3) is 4.18. The van der Waals surface area contributed by atoms with Crippen LogP contribution < -0.4 is 10.2 Å². The molecule has 0 aromatic carbocycles. The van der Waals surface area contributed by atoms with Crippen molar-refractivity contribution >= 4 is 28.6 Å². The molecular formula is C21H29N7O3. The number of aromatic nitrogens is 5. The number of ether oxygens (including phenoxy) is 1. The molecule has 31 heavy (non-hydrogen) atoms. The number of piperidine rings is 1. The van der Waals surface area contributed by atoms with Crippen molar-refractivity contribution in [1.29, 1.82) is 0 Å². The van der Waals surface area contributed by atoms with Crippen LogP contribution in [0.3, 0.4) is 0 Å². The van der Waals surface area contributed by atoms with Crippen molar-refractivity contribution in [3.63, 3.8) is 0 Å². The highest BCUT2D eigenvalue weighted by Crippen LogP contribution is 2.28. The monoisotopic (exact) mass is 427 g/mol. The number of aliphatic hydroxyl groups is 2. The molecule has 0 atom stereocenters. The number of aliphatic hydroxyl groups excluding tert-OH is 2. The summed E-state index contributed by atoms with van der Waals surface area (Å²) in [6.07, 6.45) is 4.84. The predicted molar refractivity (Wildman–Crippen MR) is 117 cm³/mol. The highest BCUT2D eigenvalue weighted by molar-refractivity contribution is 5.79. The standard InChI is InChI=1S/C21H29N7O3/c1-14(2)28-16-10-18(23-11-15(16)24-19(28)12-29)25-17-4-7-22-20(26-17)27-8-5-21(13-30,31-3)6-9-27/h4,7,10-11,14,29-30H,5-6,8-9,12-13H2,1-3H3,(H,22,23,25,26). The first kappa shape index (κ1) is 21.4. The maximum absolute atomic E-state index is 9.64. The molecule has 1 saturated heterocycles. The number of methoxy groups -OCH3 is 1. The number of anilines is 3. The molecule has 4 rings (SSSR count). The van der Waals surface area contributed by atoms with Gasteiger partial charge in [0.15, 0.2) is 0 Å². The van der Waals surface area contributed by atoms with Gasteiger partial charge in [-0.05, 0) is 32.8 Å². The average molecular weight is 428 g/mol. The van der Waals surface area contributed by atoms with Crippen LogP contribution in [0, 0.1) is 0 Å². The molecule has 0 spiro atoms. The summed E-state index contributed by atoms with van der Waals surface area (Å²) in [5.41, 5.74) is 1.17. The van der Waals surface area contributed by atoms with Crippen LogP contribution in [-0.2, 0) is 11.3 Å². The summed E-state index contributed by atoms with van der Waals surface area (Å²) >= 11 is 0. The topological polar surface area (TPSA) is 121 Å². The van der Waals surface area contributed by atoms with E-state index >= 15 is 0 Å². The molecule has 0 amide bonds. The Morgan fingerprint density at radius 1 is 1.16 bits per heavy atom. The number of imidazole rings is 1. The van der Waals surface area contributed by atoms with Gasteiger partial charge in [-0.15, -0.1) is 0 Å². The largest absolute Gasteiger partial charge is 0.393 e. The SMILES string of the molecule is COC1(CO)CCN(c2nccc(Nc3cc4c(cn3)nc(CO)n4C(C)C)n2)CC1. The third-order valence-corrected chi connectivity index (χ3v) is 5.88. The Bertz CT molecular complexity index is 1040. The fourth-order valence-corrected chi connectivity index (χ4v) is 4.05. The normalized spacial score (nSPS) is 16.3. The molecule has 166 valence electrons. The molecular weight excluding hydrogens is 398 g/mol. The zero-order valence-corrected chi connectivity index (χ0v) is 18.1. The lowest BCUT2D eigenvalue weighted by molar-refractivity contribution is -0.0674. The molecule has 1 aliphatic heterocycles. The van der Waals surface area contributed by atoms with E-state index in [4.69, 9.17) is 4.74 Å². The van der Waals surface area contributed by atoms with E-state index in [9.17, 15) is 10.2 Å². The minimum absolute atomic E-state index is 0.0128. The van der Waals surface area contributed by atoms with Crippen molar-refractivity contribution in [3.05, 3.63) is 30.4 Å². The van der Waals surface area contributed by atoms with Gasteiger partial charge in [0, 0.05) is 38.5 Å². The van der Waals surface area contributed by atoms with Crippen molar-refractivity contribution in [2.75, 3.05) is 37.0 Å². The van der Waals surface area contributed by atoms with E-state index in [1.54, 1.807) is 25.6 Å². The van der Waals surface area contributed by atoms with E-state index in [0.29, 0.717) is 49.3 Å². The zero-order chi connectivity index (χ0) is 22.0. The molecule has 0 bridgehead atoms. The summed E-state index contributed by atoms with van der Waals surface area (Å²) in [6.45, 7) is 5.41. The Hall–Kier alpha value is -2.82. The van der Waals surface area contributed by atoms with Gasteiger partial charge in [0.25, 0.3) is 0 Å². The van der Waals surface area contributed by atoms with Gasteiger partial charge in [0.1, 0.15) is 29.6 Å². The lowest BCUT2D eigenvalue weighted by atomic mass is 9.92. The number of rotatable bonds is 7. The zero-order valence-electron chi connectivity index (χ0n) is 18.1. The van der Waals surface area contributed by atoms with Crippen LogP contribution >= 0.6 is 0 Å². The molecule has 1 aliphatic rings. The van der Waals surface area contributed by atoms with E-state index in [1.165, 1.54) is 0 Å². The Morgan fingerprint density at radius 3 is 2.58 bits per heavy atom. The summed E-state index contributed by atoms with van der Waals surface area (Å²) in [7, 11) is 1.64. The highest BCUT2D eigenvalue weighted by Gasteiger charge is 2.34. The Kier molecular flexibility index (Phi) is 6.03. The van der Waals surface area contributed by atoms with E-state index in [0.717, 1.165) is 11.0 Å². The third-order valence-electron chi connectivity index (χ3n) is 5.88.